The third-order valence-corrected chi connectivity index (χ3v) is 3.50. The van der Waals surface area contributed by atoms with Crippen molar-refractivity contribution in [2.24, 2.45) is 5.92 Å². The Morgan fingerprint density at radius 1 is 1.39 bits per heavy atom. The summed E-state index contributed by atoms with van der Waals surface area (Å²) in [6.07, 6.45) is 1.77. The quantitative estimate of drug-likeness (QED) is 0.552. The van der Waals surface area contributed by atoms with Gasteiger partial charge in [-0.3, -0.25) is 0 Å². The van der Waals surface area contributed by atoms with Crippen molar-refractivity contribution < 1.29 is 15.0 Å². The number of likely N-dealkylation sites (tertiary alicyclic amines) is 1. The smallest absolute Gasteiger partial charge is 0.407 e. The number of nitrogens with two attached hydrogens (primary N) is 1. The number of nitrogens with zero attached hydrogens (tertiary/aromatic N) is 1. The number of amides is 1. The maximum atomic E-state index is 10.8. The van der Waals surface area contributed by atoms with Crippen molar-refractivity contribution in [2.45, 2.75) is 19.3 Å². The molecule has 0 atom stereocenters. The number of carboxylic acid groups (broad SMARTS) is 1. The molecule has 5 heteroatoms. The van der Waals surface area contributed by atoms with Crippen LogP contribution in [0.4, 0.5) is 10.5 Å². The van der Waals surface area contributed by atoms with E-state index in [0.717, 1.165) is 24.8 Å². The maximum Gasteiger partial charge on any atom is 0.407 e. The molecule has 1 amide bonds. The number of piperidine rings is 1. The number of aromatic hydroxyl groups is 1. The molecule has 1 saturated heterocycles. The van der Waals surface area contributed by atoms with Gasteiger partial charge in [-0.25, -0.2) is 4.79 Å². The van der Waals surface area contributed by atoms with Gasteiger partial charge in [0.05, 0.1) is 5.69 Å². The molecule has 1 aliphatic heterocycles. The highest BCUT2D eigenvalue weighted by Crippen LogP contribution is 2.26. The zero-order valence-corrected chi connectivity index (χ0v) is 10.2. The standard InChI is InChI=1S/C13H18N2O3/c14-11-2-1-10(8-12(11)16)7-9-3-5-15(6-4-9)13(17)18/h1-2,8-9,16H,3-7,14H2,(H,17,18). The van der Waals surface area contributed by atoms with E-state index in [1.54, 1.807) is 12.1 Å². The Hall–Kier alpha value is -1.91. The highest BCUT2D eigenvalue weighted by atomic mass is 16.4. The van der Waals surface area contributed by atoms with Crippen molar-refractivity contribution in [3.05, 3.63) is 23.8 Å². The van der Waals surface area contributed by atoms with Gasteiger partial charge < -0.3 is 20.8 Å². The predicted octanol–water partition coefficient (Wildman–Crippen LogP) is 1.91. The summed E-state index contributed by atoms with van der Waals surface area (Å²) < 4.78 is 0. The predicted molar refractivity (Wildman–Crippen MR) is 68.5 cm³/mol. The summed E-state index contributed by atoms with van der Waals surface area (Å²) in [5.41, 5.74) is 6.99. The summed E-state index contributed by atoms with van der Waals surface area (Å²) in [6, 6.07) is 5.31. The molecule has 0 unspecified atom stereocenters. The minimum absolute atomic E-state index is 0.121. The lowest BCUT2D eigenvalue weighted by molar-refractivity contribution is 0.124. The molecule has 0 aromatic heterocycles. The van der Waals surface area contributed by atoms with Gasteiger partial charge in [-0.2, -0.15) is 0 Å². The van der Waals surface area contributed by atoms with Gasteiger partial charge in [0.1, 0.15) is 5.75 Å². The van der Waals surface area contributed by atoms with Gasteiger partial charge in [-0.15, -0.1) is 0 Å². The number of carbonyl (C=O) groups is 1. The third kappa shape index (κ3) is 2.85. The Morgan fingerprint density at radius 3 is 2.61 bits per heavy atom. The number of nitrogen functional groups attached to an aromatic ring is 1. The van der Waals surface area contributed by atoms with Gasteiger partial charge in [-0.1, -0.05) is 6.07 Å². The monoisotopic (exact) mass is 250 g/mol. The summed E-state index contributed by atoms with van der Waals surface area (Å²) >= 11 is 0. The summed E-state index contributed by atoms with van der Waals surface area (Å²) in [7, 11) is 0. The fourth-order valence-electron chi connectivity index (χ4n) is 2.38. The third-order valence-electron chi connectivity index (χ3n) is 3.50. The molecule has 1 heterocycles. The van der Waals surface area contributed by atoms with Crippen molar-refractivity contribution in [2.75, 3.05) is 18.8 Å². The average molecular weight is 250 g/mol. The molecule has 98 valence electrons. The van der Waals surface area contributed by atoms with Gasteiger partial charge >= 0.3 is 6.09 Å². The molecule has 0 radical (unpaired) electrons. The van der Waals surface area contributed by atoms with E-state index in [1.165, 1.54) is 4.90 Å². The zero-order chi connectivity index (χ0) is 13.1. The van der Waals surface area contributed by atoms with Crippen LogP contribution < -0.4 is 5.73 Å². The van der Waals surface area contributed by atoms with Gasteiger partial charge in [0.2, 0.25) is 0 Å². The second-order valence-electron chi connectivity index (χ2n) is 4.81. The summed E-state index contributed by atoms with van der Waals surface area (Å²) in [4.78, 5) is 12.2. The van der Waals surface area contributed by atoms with Crippen molar-refractivity contribution in [3.8, 4) is 5.75 Å². The van der Waals surface area contributed by atoms with Crippen LogP contribution in [0, 0.1) is 5.92 Å². The number of hydrogen-bond acceptors (Lipinski definition) is 3. The van der Waals surface area contributed by atoms with E-state index in [0.29, 0.717) is 24.7 Å². The van der Waals surface area contributed by atoms with Crippen LogP contribution in [0.2, 0.25) is 0 Å². The first-order chi connectivity index (χ1) is 8.56. The van der Waals surface area contributed by atoms with Crippen LogP contribution >= 0.6 is 0 Å². The van der Waals surface area contributed by atoms with Crippen molar-refractivity contribution >= 4 is 11.8 Å². The largest absolute Gasteiger partial charge is 0.506 e. The molecule has 0 bridgehead atoms. The Balaban J connectivity index is 1.91. The van der Waals surface area contributed by atoms with Gasteiger partial charge in [0.25, 0.3) is 0 Å². The van der Waals surface area contributed by atoms with Crippen LogP contribution in [0.15, 0.2) is 18.2 Å². The number of rotatable bonds is 2. The molecule has 1 aromatic rings. The molecule has 4 N–H and O–H groups in total. The van der Waals surface area contributed by atoms with Crippen LogP contribution in [0.3, 0.4) is 0 Å². The van der Waals surface area contributed by atoms with E-state index in [2.05, 4.69) is 0 Å². The van der Waals surface area contributed by atoms with Gasteiger partial charge in [0.15, 0.2) is 0 Å². The molecular formula is C13H18N2O3. The van der Waals surface area contributed by atoms with Crippen molar-refractivity contribution in [1.29, 1.82) is 0 Å². The van der Waals surface area contributed by atoms with E-state index in [-0.39, 0.29) is 5.75 Å². The summed E-state index contributed by atoms with van der Waals surface area (Å²) in [6.45, 7) is 1.20. The van der Waals surface area contributed by atoms with E-state index in [1.807, 2.05) is 6.07 Å². The first kappa shape index (κ1) is 12.5. The molecule has 2 rings (SSSR count). The molecule has 0 aliphatic carbocycles. The number of hydrogen-bond donors (Lipinski definition) is 3. The van der Waals surface area contributed by atoms with E-state index in [9.17, 15) is 9.90 Å². The first-order valence-electron chi connectivity index (χ1n) is 6.11. The average Bonchev–Trinajstić information content (AvgIpc) is 2.34. The Labute approximate surface area is 106 Å². The second-order valence-corrected chi connectivity index (χ2v) is 4.81. The lowest BCUT2D eigenvalue weighted by Crippen LogP contribution is -2.37. The lowest BCUT2D eigenvalue weighted by atomic mass is 9.90. The number of phenols is 1. The highest BCUT2D eigenvalue weighted by Gasteiger charge is 2.22. The first-order valence-corrected chi connectivity index (χ1v) is 6.11. The highest BCUT2D eigenvalue weighted by molar-refractivity contribution is 5.65. The number of anilines is 1. The van der Waals surface area contributed by atoms with Crippen LogP contribution in [-0.4, -0.2) is 34.3 Å². The molecule has 1 fully saturated rings. The summed E-state index contributed by atoms with van der Waals surface area (Å²) in [5, 5.41) is 18.4. The molecule has 0 spiro atoms. The fourth-order valence-corrected chi connectivity index (χ4v) is 2.38. The topological polar surface area (TPSA) is 86.8 Å². The lowest BCUT2D eigenvalue weighted by Gasteiger charge is -2.30. The van der Waals surface area contributed by atoms with E-state index in [4.69, 9.17) is 10.8 Å². The van der Waals surface area contributed by atoms with Crippen LogP contribution in [-0.2, 0) is 6.42 Å². The Kier molecular flexibility index (Phi) is 3.60. The zero-order valence-electron chi connectivity index (χ0n) is 10.2. The van der Waals surface area contributed by atoms with E-state index < -0.39 is 6.09 Å². The van der Waals surface area contributed by atoms with Gasteiger partial charge in [0, 0.05) is 13.1 Å². The normalized spacial score (nSPS) is 16.8. The molecule has 5 nitrogen and oxygen atoms in total. The minimum atomic E-state index is -0.835. The van der Waals surface area contributed by atoms with Gasteiger partial charge in [-0.05, 0) is 42.9 Å². The number of benzene rings is 1. The molecule has 1 aromatic carbocycles. The molecule has 1 aliphatic rings. The van der Waals surface area contributed by atoms with Crippen LogP contribution in [0.1, 0.15) is 18.4 Å². The molecule has 0 saturated carbocycles. The van der Waals surface area contributed by atoms with Crippen molar-refractivity contribution in [3.63, 3.8) is 0 Å². The molecular weight excluding hydrogens is 232 g/mol. The SMILES string of the molecule is Nc1ccc(CC2CCN(C(=O)O)CC2)cc1O. The second kappa shape index (κ2) is 5.16. The fraction of sp³-hybridized carbons (Fsp3) is 0.462. The minimum Gasteiger partial charge on any atom is -0.506 e. The van der Waals surface area contributed by atoms with Crippen LogP contribution in [0.25, 0.3) is 0 Å². The summed E-state index contributed by atoms with van der Waals surface area (Å²) in [5.74, 6) is 0.596. The van der Waals surface area contributed by atoms with E-state index >= 15 is 0 Å². The number of phenolic OH excluding ortho intramolecular Hbond substituents is 1. The molecule has 18 heavy (non-hydrogen) atoms. The van der Waals surface area contributed by atoms with Crippen molar-refractivity contribution in [1.82, 2.24) is 4.90 Å². The van der Waals surface area contributed by atoms with Crippen LogP contribution in [0.5, 0.6) is 5.75 Å². The Morgan fingerprint density at radius 2 is 2.06 bits per heavy atom. The Bertz CT molecular complexity index is 440. The maximum absolute atomic E-state index is 10.8.